The number of anilines is 1. The molecule has 2 aliphatic carbocycles. The van der Waals surface area contributed by atoms with Gasteiger partial charge in [-0.15, -0.1) is 0 Å². The fourth-order valence-corrected chi connectivity index (χ4v) is 6.69. The van der Waals surface area contributed by atoms with E-state index >= 15 is 0 Å². The summed E-state index contributed by atoms with van der Waals surface area (Å²) in [7, 11) is 0. The van der Waals surface area contributed by atoms with Gasteiger partial charge in [-0.1, -0.05) is 29.8 Å². The van der Waals surface area contributed by atoms with Gasteiger partial charge in [0.1, 0.15) is 18.1 Å². The van der Waals surface area contributed by atoms with Gasteiger partial charge in [-0.2, -0.15) is 0 Å². The first-order valence-electron chi connectivity index (χ1n) is 11.5. The standard InChI is InChI=1S/C26H24N2O6/c1-26-18(24(32)28(25(26)33)13-5-3-2-4-6-13)11-17-15(21(26)19-10-7-14(12-29)34-19)8-9-16-20(17)23(31)27-22(16)30/h2-8,10,16-18,20-21,29H,9,11-12H2,1H3,(H,27,30,31). The third-order valence-corrected chi connectivity index (χ3v) is 8.25. The van der Waals surface area contributed by atoms with Crippen molar-refractivity contribution in [3.05, 3.63) is 65.6 Å². The number of fused-ring (bicyclic) bond motifs is 4. The van der Waals surface area contributed by atoms with Gasteiger partial charge in [-0.05, 0) is 49.9 Å². The molecular formula is C26H24N2O6. The summed E-state index contributed by atoms with van der Waals surface area (Å²) in [5, 5.41) is 12.0. The van der Waals surface area contributed by atoms with Crippen molar-refractivity contribution in [1.29, 1.82) is 0 Å². The molecule has 2 N–H and O–H groups in total. The lowest BCUT2D eigenvalue weighted by molar-refractivity contribution is -0.131. The van der Waals surface area contributed by atoms with E-state index in [4.69, 9.17) is 4.42 Å². The van der Waals surface area contributed by atoms with Crippen LogP contribution in [-0.2, 0) is 25.8 Å². The Hall–Kier alpha value is -3.52. The molecule has 2 saturated heterocycles. The summed E-state index contributed by atoms with van der Waals surface area (Å²) in [5.41, 5.74) is 0.233. The van der Waals surface area contributed by atoms with Crippen LogP contribution in [0.1, 0.15) is 37.2 Å². The summed E-state index contributed by atoms with van der Waals surface area (Å²) in [6, 6.07) is 12.2. The normalized spacial score (nSPS) is 34.5. The Labute approximate surface area is 195 Å². The molecule has 4 aliphatic rings. The SMILES string of the molecule is CC12C(=O)N(c3ccccc3)C(=O)C1CC1C(=CCC3C(=O)NC(=O)C31)C2c1ccc(CO)o1. The number of rotatable bonds is 3. The molecule has 6 rings (SSSR count). The van der Waals surface area contributed by atoms with Crippen LogP contribution in [0.3, 0.4) is 0 Å². The number of imide groups is 2. The molecule has 8 heteroatoms. The van der Waals surface area contributed by atoms with E-state index in [2.05, 4.69) is 5.32 Å². The number of aliphatic hydroxyl groups excluding tert-OH is 1. The van der Waals surface area contributed by atoms with Crippen molar-refractivity contribution in [3.63, 3.8) is 0 Å². The molecule has 6 atom stereocenters. The van der Waals surface area contributed by atoms with Crippen LogP contribution in [-0.4, -0.2) is 28.7 Å². The van der Waals surface area contributed by atoms with E-state index in [-0.39, 0.29) is 36.2 Å². The third-order valence-electron chi connectivity index (χ3n) is 8.25. The van der Waals surface area contributed by atoms with Gasteiger partial charge in [0.15, 0.2) is 0 Å². The first kappa shape index (κ1) is 21.0. The van der Waals surface area contributed by atoms with Crippen molar-refractivity contribution in [2.24, 2.45) is 29.1 Å². The second kappa shape index (κ2) is 7.24. The average Bonchev–Trinajstić information content (AvgIpc) is 3.47. The molecule has 1 aromatic heterocycles. The Morgan fingerprint density at radius 2 is 1.82 bits per heavy atom. The predicted molar refractivity (Wildman–Crippen MR) is 119 cm³/mol. The molecule has 8 nitrogen and oxygen atoms in total. The highest BCUT2D eigenvalue weighted by molar-refractivity contribution is 6.24. The number of nitrogens with one attached hydrogen (secondary N) is 1. The quantitative estimate of drug-likeness (QED) is 0.536. The summed E-state index contributed by atoms with van der Waals surface area (Å²) in [6.45, 7) is 1.51. The van der Waals surface area contributed by atoms with Crippen LogP contribution in [0, 0.1) is 29.1 Å². The second-order valence-corrected chi connectivity index (χ2v) is 9.81. The molecule has 6 unspecified atom stereocenters. The topological polar surface area (TPSA) is 117 Å². The summed E-state index contributed by atoms with van der Waals surface area (Å²) >= 11 is 0. The van der Waals surface area contributed by atoms with E-state index in [1.165, 1.54) is 4.90 Å². The highest BCUT2D eigenvalue weighted by Gasteiger charge is 2.67. The number of furan rings is 1. The monoisotopic (exact) mass is 460 g/mol. The van der Waals surface area contributed by atoms with E-state index in [1.807, 2.05) is 12.1 Å². The molecule has 1 saturated carbocycles. The minimum Gasteiger partial charge on any atom is -0.463 e. The number of carbonyl (C=O) groups is 4. The predicted octanol–water partition coefficient (Wildman–Crippen LogP) is 2.29. The maximum atomic E-state index is 14.0. The van der Waals surface area contributed by atoms with Crippen molar-refractivity contribution in [1.82, 2.24) is 5.32 Å². The zero-order valence-electron chi connectivity index (χ0n) is 18.6. The van der Waals surface area contributed by atoms with Crippen LogP contribution in [0.2, 0.25) is 0 Å². The number of aliphatic hydroxyl groups is 1. The molecule has 174 valence electrons. The number of nitrogens with zero attached hydrogens (tertiary/aromatic N) is 1. The zero-order chi connectivity index (χ0) is 23.8. The molecule has 2 aromatic rings. The number of hydrogen-bond donors (Lipinski definition) is 2. The number of hydrogen-bond acceptors (Lipinski definition) is 6. The van der Waals surface area contributed by atoms with Gasteiger partial charge in [-0.25, -0.2) is 4.90 Å². The molecular weight excluding hydrogens is 436 g/mol. The maximum Gasteiger partial charge on any atom is 0.241 e. The van der Waals surface area contributed by atoms with Gasteiger partial charge in [-0.3, -0.25) is 24.5 Å². The van der Waals surface area contributed by atoms with Gasteiger partial charge in [0, 0.05) is 0 Å². The average molecular weight is 460 g/mol. The van der Waals surface area contributed by atoms with E-state index in [0.29, 0.717) is 30.0 Å². The van der Waals surface area contributed by atoms with E-state index in [0.717, 1.165) is 5.57 Å². The minimum atomic E-state index is -1.13. The maximum absolute atomic E-state index is 14.0. The molecule has 0 spiro atoms. The number of carbonyl (C=O) groups excluding carboxylic acids is 4. The lowest BCUT2D eigenvalue weighted by Crippen LogP contribution is -2.48. The fraction of sp³-hybridized carbons (Fsp3) is 0.385. The summed E-state index contributed by atoms with van der Waals surface area (Å²) in [6.07, 6.45) is 2.66. The van der Waals surface area contributed by atoms with Crippen molar-refractivity contribution in [2.45, 2.75) is 32.3 Å². The number of para-hydroxylation sites is 1. The van der Waals surface area contributed by atoms with Gasteiger partial charge in [0.25, 0.3) is 0 Å². The lowest BCUT2D eigenvalue weighted by Gasteiger charge is -2.48. The van der Waals surface area contributed by atoms with Gasteiger partial charge < -0.3 is 9.52 Å². The molecule has 1 aromatic carbocycles. The Morgan fingerprint density at radius 1 is 1.06 bits per heavy atom. The van der Waals surface area contributed by atoms with Crippen molar-refractivity contribution >= 4 is 29.3 Å². The molecule has 3 fully saturated rings. The molecule has 3 heterocycles. The number of amides is 4. The van der Waals surface area contributed by atoms with Gasteiger partial charge in [0.2, 0.25) is 23.6 Å². The summed E-state index contributed by atoms with van der Waals surface area (Å²) in [4.78, 5) is 54.2. The molecule has 2 aliphatic heterocycles. The van der Waals surface area contributed by atoms with Crippen molar-refractivity contribution < 1.29 is 28.7 Å². The van der Waals surface area contributed by atoms with E-state index in [1.54, 1.807) is 43.3 Å². The number of benzene rings is 1. The highest BCUT2D eigenvalue weighted by atomic mass is 16.4. The largest absolute Gasteiger partial charge is 0.463 e. The van der Waals surface area contributed by atoms with Crippen molar-refractivity contribution in [2.75, 3.05) is 4.90 Å². The lowest BCUT2D eigenvalue weighted by atomic mass is 9.52. The van der Waals surface area contributed by atoms with E-state index in [9.17, 15) is 24.3 Å². The van der Waals surface area contributed by atoms with Crippen LogP contribution < -0.4 is 10.2 Å². The first-order valence-corrected chi connectivity index (χ1v) is 11.5. The van der Waals surface area contributed by atoms with Gasteiger partial charge >= 0.3 is 0 Å². The first-order chi connectivity index (χ1) is 16.4. The Kier molecular flexibility index (Phi) is 4.48. The van der Waals surface area contributed by atoms with Crippen LogP contribution in [0.5, 0.6) is 0 Å². The third kappa shape index (κ3) is 2.63. The Bertz CT molecular complexity index is 1260. The van der Waals surface area contributed by atoms with Crippen LogP contribution in [0.25, 0.3) is 0 Å². The van der Waals surface area contributed by atoms with Crippen LogP contribution in [0.4, 0.5) is 5.69 Å². The fourth-order valence-electron chi connectivity index (χ4n) is 6.69. The zero-order valence-corrected chi connectivity index (χ0v) is 18.6. The molecule has 4 amide bonds. The van der Waals surface area contributed by atoms with Crippen molar-refractivity contribution in [3.8, 4) is 0 Å². The highest BCUT2D eigenvalue weighted by Crippen LogP contribution is 2.63. The Balaban J connectivity index is 1.53. The van der Waals surface area contributed by atoms with Gasteiger partial charge in [0.05, 0.1) is 34.8 Å². The van der Waals surface area contributed by atoms with Crippen LogP contribution >= 0.6 is 0 Å². The molecule has 34 heavy (non-hydrogen) atoms. The number of allylic oxidation sites excluding steroid dienone is 2. The van der Waals surface area contributed by atoms with Crippen LogP contribution in [0.15, 0.2) is 58.5 Å². The van der Waals surface area contributed by atoms with E-state index < -0.39 is 29.1 Å². The second-order valence-electron chi connectivity index (χ2n) is 9.81. The molecule has 0 bridgehead atoms. The minimum absolute atomic E-state index is 0.282. The smallest absolute Gasteiger partial charge is 0.241 e. The summed E-state index contributed by atoms with van der Waals surface area (Å²) < 4.78 is 5.94. The molecule has 0 radical (unpaired) electrons. The summed E-state index contributed by atoms with van der Waals surface area (Å²) in [5.74, 6) is -3.04. The Morgan fingerprint density at radius 3 is 2.53 bits per heavy atom.